The predicted octanol–water partition coefficient (Wildman–Crippen LogP) is 3.61. The molecule has 2 heterocycles. The molecule has 0 spiro atoms. The van der Waals surface area contributed by atoms with Crippen LogP contribution in [0, 0.1) is 23.2 Å². The van der Waals surface area contributed by atoms with Crippen LogP contribution in [0.1, 0.15) is 68.3 Å². The van der Waals surface area contributed by atoms with Gasteiger partial charge in [-0.1, -0.05) is 0 Å². The van der Waals surface area contributed by atoms with Gasteiger partial charge in [0.15, 0.2) is 5.76 Å². The van der Waals surface area contributed by atoms with Crippen molar-refractivity contribution in [1.29, 1.82) is 0 Å². The Morgan fingerprint density at radius 1 is 1.07 bits per heavy atom. The van der Waals surface area contributed by atoms with Gasteiger partial charge in [-0.3, -0.25) is 9.59 Å². The van der Waals surface area contributed by atoms with Gasteiger partial charge in [0.2, 0.25) is 5.91 Å². The molecule has 0 radical (unpaired) electrons. The zero-order chi connectivity index (χ0) is 18.4. The highest BCUT2D eigenvalue weighted by Gasteiger charge is 2.51. The van der Waals surface area contributed by atoms with E-state index in [1.165, 1.54) is 44.8 Å². The lowest BCUT2D eigenvalue weighted by Crippen LogP contribution is -2.50. The molecule has 1 aromatic rings. The number of rotatable bonds is 4. The minimum absolute atomic E-state index is 0.0432. The zero-order valence-corrected chi connectivity index (χ0v) is 16.0. The monoisotopic (exact) mass is 370 g/mol. The molecule has 5 aliphatic rings. The van der Waals surface area contributed by atoms with Crippen molar-refractivity contribution in [2.45, 2.75) is 63.8 Å². The van der Waals surface area contributed by atoms with E-state index in [0.29, 0.717) is 24.3 Å². The smallest absolute Gasteiger partial charge is 0.289 e. The first-order valence-electron chi connectivity index (χ1n) is 10.7. The van der Waals surface area contributed by atoms with Crippen LogP contribution in [0.5, 0.6) is 0 Å². The van der Waals surface area contributed by atoms with Crippen LogP contribution in [0.4, 0.5) is 0 Å². The van der Waals surface area contributed by atoms with Crippen molar-refractivity contribution in [1.82, 2.24) is 10.2 Å². The molecule has 1 saturated heterocycles. The van der Waals surface area contributed by atoms with Gasteiger partial charge in [0.05, 0.1) is 6.26 Å². The SMILES string of the molecule is O=C(CC12CC3CC(CC(C3)C1)C2)NC1CCN(C(=O)c2ccco2)CC1. The second kappa shape index (κ2) is 6.68. The summed E-state index contributed by atoms with van der Waals surface area (Å²) in [6.07, 6.45) is 12.0. The molecular weight excluding hydrogens is 340 g/mol. The molecule has 5 fully saturated rings. The Labute approximate surface area is 160 Å². The summed E-state index contributed by atoms with van der Waals surface area (Å²) in [7, 11) is 0. The van der Waals surface area contributed by atoms with Crippen molar-refractivity contribution in [2.24, 2.45) is 23.2 Å². The quantitative estimate of drug-likeness (QED) is 0.881. The number of nitrogens with zero attached hydrogens (tertiary/aromatic N) is 1. The van der Waals surface area contributed by atoms with Crippen molar-refractivity contribution in [2.75, 3.05) is 13.1 Å². The van der Waals surface area contributed by atoms with Gasteiger partial charge in [0.1, 0.15) is 0 Å². The minimum Gasteiger partial charge on any atom is -0.459 e. The maximum absolute atomic E-state index is 12.8. The van der Waals surface area contributed by atoms with E-state index in [1.54, 1.807) is 12.1 Å². The van der Waals surface area contributed by atoms with Gasteiger partial charge in [0.25, 0.3) is 5.91 Å². The van der Waals surface area contributed by atoms with Crippen molar-refractivity contribution >= 4 is 11.8 Å². The second-order valence-electron chi connectivity index (χ2n) is 9.71. The number of likely N-dealkylation sites (tertiary alicyclic amines) is 1. The van der Waals surface area contributed by atoms with Gasteiger partial charge < -0.3 is 14.6 Å². The fraction of sp³-hybridized carbons (Fsp3) is 0.727. The summed E-state index contributed by atoms with van der Waals surface area (Å²) in [6.45, 7) is 1.36. The minimum atomic E-state index is -0.0432. The van der Waals surface area contributed by atoms with Crippen LogP contribution in [-0.2, 0) is 4.79 Å². The van der Waals surface area contributed by atoms with Crippen molar-refractivity contribution < 1.29 is 14.0 Å². The van der Waals surface area contributed by atoms with Crippen LogP contribution in [0.25, 0.3) is 0 Å². The Kier molecular flexibility index (Phi) is 4.29. The van der Waals surface area contributed by atoms with Crippen molar-refractivity contribution in [3.05, 3.63) is 24.2 Å². The van der Waals surface area contributed by atoms with E-state index in [-0.39, 0.29) is 17.9 Å². The highest BCUT2D eigenvalue weighted by atomic mass is 16.3. The number of hydrogen-bond donors (Lipinski definition) is 1. The molecule has 27 heavy (non-hydrogen) atoms. The number of piperidine rings is 1. The van der Waals surface area contributed by atoms with Gasteiger partial charge in [-0.05, 0) is 86.7 Å². The van der Waals surface area contributed by atoms with Gasteiger partial charge in [-0.25, -0.2) is 0 Å². The summed E-state index contributed by atoms with van der Waals surface area (Å²) in [6, 6.07) is 3.65. The molecule has 6 rings (SSSR count). The average molecular weight is 370 g/mol. The number of amides is 2. The number of furan rings is 1. The van der Waals surface area contributed by atoms with Gasteiger partial charge in [0, 0.05) is 25.6 Å². The van der Waals surface area contributed by atoms with E-state index < -0.39 is 0 Å². The summed E-state index contributed by atoms with van der Waals surface area (Å²) >= 11 is 0. The lowest BCUT2D eigenvalue weighted by molar-refractivity contribution is -0.130. The van der Waals surface area contributed by atoms with E-state index in [4.69, 9.17) is 4.42 Å². The molecule has 1 aromatic heterocycles. The summed E-state index contributed by atoms with van der Waals surface area (Å²) in [4.78, 5) is 27.0. The molecule has 5 heteroatoms. The molecule has 146 valence electrons. The first-order chi connectivity index (χ1) is 13.1. The van der Waals surface area contributed by atoms with Crippen LogP contribution in [-0.4, -0.2) is 35.8 Å². The normalized spacial score (nSPS) is 35.4. The van der Waals surface area contributed by atoms with Crippen LogP contribution >= 0.6 is 0 Å². The molecule has 4 aliphatic carbocycles. The molecule has 0 atom stereocenters. The number of hydrogen-bond acceptors (Lipinski definition) is 3. The number of nitrogens with one attached hydrogen (secondary N) is 1. The van der Waals surface area contributed by atoms with Crippen LogP contribution in [0.3, 0.4) is 0 Å². The molecule has 4 saturated carbocycles. The summed E-state index contributed by atoms with van der Waals surface area (Å²) in [5, 5.41) is 3.29. The van der Waals surface area contributed by atoms with E-state index in [2.05, 4.69) is 5.32 Å². The lowest BCUT2D eigenvalue weighted by Gasteiger charge is -2.56. The molecule has 5 nitrogen and oxygen atoms in total. The van der Waals surface area contributed by atoms with E-state index in [0.717, 1.165) is 37.0 Å². The van der Waals surface area contributed by atoms with Crippen LogP contribution < -0.4 is 5.32 Å². The topological polar surface area (TPSA) is 62.6 Å². The third kappa shape index (κ3) is 3.41. The average Bonchev–Trinajstić information content (AvgIpc) is 3.14. The molecule has 1 N–H and O–H groups in total. The maximum atomic E-state index is 12.8. The summed E-state index contributed by atoms with van der Waals surface area (Å²) < 4.78 is 5.21. The van der Waals surface area contributed by atoms with Gasteiger partial charge in [-0.2, -0.15) is 0 Å². The lowest BCUT2D eigenvalue weighted by atomic mass is 9.49. The van der Waals surface area contributed by atoms with Crippen LogP contribution in [0.2, 0.25) is 0 Å². The Balaban J connectivity index is 1.12. The van der Waals surface area contributed by atoms with Gasteiger partial charge >= 0.3 is 0 Å². The second-order valence-corrected chi connectivity index (χ2v) is 9.71. The number of carbonyl (C=O) groups excluding carboxylic acids is 2. The fourth-order valence-corrected chi connectivity index (χ4v) is 6.91. The molecular formula is C22H30N2O3. The van der Waals surface area contributed by atoms with E-state index in [1.807, 2.05) is 4.90 Å². The first kappa shape index (κ1) is 17.3. The van der Waals surface area contributed by atoms with Crippen LogP contribution in [0.15, 0.2) is 22.8 Å². The Morgan fingerprint density at radius 3 is 2.26 bits per heavy atom. The highest BCUT2D eigenvalue weighted by Crippen LogP contribution is 2.61. The molecule has 4 bridgehead atoms. The largest absolute Gasteiger partial charge is 0.459 e. The Bertz CT molecular complexity index is 668. The Morgan fingerprint density at radius 2 is 1.70 bits per heavy atom. The Hall–Kier alpha value is -1.78. The molecule has 2 amide bonds. The van der Waals surface area contributed by atoms with E-state index in [9.17, 15) is 9.59 Å². The fourth-order valence-electron chi connectivity index (χ4n) is 6.91. The molecule has 1 aliphatic heterocycles. The third-order valence-corrected chi connectivity index (χ3v) is 7.58. The van der Waals surface area contributed by atoms with Gasteiger partial charge in [-0.15, -0.1) is 0 Å². The maximum Gasteiger partial charge on any atom is 0.289 e. The van der Waals surface area contributed by atoms with Crippen molar-refractivity contribution in [3.8, 4) is 0 Å². The molecule has 0 aromatic carbocycles. The zero-order valence-electron chi connectivity index (χ0n) is 16.0. The predicted molar refractivity (Wildman–Crippen MR) is 101 cm³/mol. The van der Waals surface area contributed by atoms with Crippen molar-refractivity contribution in [3.63, 3.8) is 0 Å². The standard InChI is InChI=1S/C22H30N2O3/c25-20(14-22-11-15-8-16(12-22)10-17(9-15)13-22)23-18-3-5-24(6-4-18)21(26)19-2-1-7-27-19/h1-2,7,15-18H,3-6,8-14H2,(H,23,25). The van der Waals surface area contributed by atoms with E-state index >= 15 is 0 Å². The third-order valence-electron chi connectivity index (χ3n) is 7.58. The summed E-state index contributed by atoms with van der Waals surface area (Å²) in [5.41, 5.74) is 0.300. The first-order valence-corrected chi connectivity index (χ1v) is 10.7. The highest BCUT2D eigenvalue weighted by molar-refractivity contribution is 5.91. The molecule has 0 unspecified atom stereocenters. The number of carbonyl (C=O) groups is 2. The summed E-state index contributed by atoms with van der Waals surface area (Å²) in [5.74, 6) is 3.27.